The number of amides is 3. The van der Waals surface area contributed by atoms with Gasteiger partial charge in [-0.25, -0.2) is 0 Å². The quantitative estimate of drug-likeness (QED) is 0.466. The zero-order chi connectivity index (χ0) is 30.5. The van der Waals surface area contributed by atoms with Crippen molar-refractivity contribution in [3.8, 4) is 0 Å². The van der Waals surface area contributed by atoms with Gasteiger partial charge in [0.15, 0.2) is 0 Å². The van der Waals surface area contributed by atoms with Crippen molar-refractivity contribution in [3.05, 3.63) is 66.8 Å². The maximum Gasteiger partial charge on any atom is 0.253 e. The number of ether oxygens (including phenoxy) is 1. The number of benzene rings is 2. The average molecular weight is 586 g/mol. The minimum absolute atomic E-state index is 0.106. The molecule has 8 heteroatoms. The molecule has 1 N–H and O–H groups in total. The molecule has 0 bridgehead atoms. The van der Waals surface area contributed by atoms with Crippen LogP contribution in [-0.2, 0) is 19.1 Å². The molecular weight excluding hydrogens is 542 g/mol. The van der Waals surface area contributed by atoms with E-state index in [9.17, 15) is 19.5 Å². The van der Waals surface area contributed by atoms with Crippen molar-refractivity contribution in [2.24, 2.45) is 17.8 Å². The Hall–Kier alpha value is -3.49. The average Bonchev–Trinajstić information content (AvgIpc) is 3.30. The molecule has 0 saturated carbocycles. The van der Waals surface area contributed by atoms with Crippen LogP contribution in [0.1, 0.15) is 47.0 Å². The predicted octanol–water partition coefficient (Wildman–Crippen LogP) is 4.32. The molecule has 6 atom stereocenters. The minimum Gasteiger partial charge on any atom is -0.394 e. The third-order valence-corrected chi connectivity index (χ3v) is 9.85. The molecule has 6 rings (SSSR count). The van der Waals surface area contributed by atoms with Crippen molar-refractivity contribution >= 4 is 34.2 Å². The van der Waals surface area contributed by atoms with Gasteiger partial charge in [0.2, 0.25) is 11.8 Å². The van der Waals surface area contributed by atoms with E-state index in [1.54, 1.807) is 9.80 Å². The lowest BCUT2D eigenvalue weighted by molar-refractivity contribution is -0.153. The summed E-state index contributed by atoms with van der Waals surface area (Å²) in [6.45, 7) is 9.16. The first kappa shape index (κ1) is 29.6. The molecule has 228 valence electrons. The van der Waals surface area contributed by atoms with E-state index in [0.29, 0.717) is 32.5 Å². The highest BCUT2D eigenvalue weighted by atomic mass is 16.5. The third-order valence-electron chi connectivity index (χ3n) is 9.85. The minimum atomic E-state index is -1.35. The smallest absolute Gasteiger partial charge is 0.253 e. The maximum atomic E-state index is 14.9. The number of aliphatic hydroxyl groups excluding tert-OH is 1. The van der Waals surface area contributed by atoms with Gasteiger partial charge < -0.3 is 24.5 Å². The Morgan fingerprint density at radius 2 is 1.67 bits per heavy atom. The molecule has 0 radical (unpaired) electrons. The molecule has 8 nitrogen and oxygen atoms in total. The number of nitrogens with zero attached hydrogens (tertiary/aromatic N) is 3. The third kappa shape index (κ3) is 4.52. The van der Waals surface area contributed by atoms with E-state index < -0.39 is 35.1 Å². The zero-order valence-electron chi connectivity index (χ0n) is 25.6. The van der Waals surface area contributed by atoms with Gasteiger partial charge in [0.25, 0.3) is 5.91 Å². The number of carbonyl (C=O) groups is 3. The van der Waals surface area contributed by atoms with Gasteiger partial charge in [0.05, 0.1) is 30.1 Å². The zero-order valence-corrected chi connectivity index (χ0v) is 25.6. The standard InChI is InChI=1S/C35H43N3O5/c1-5-17-36-18-9-15-34(6-2)28(31(36)40)29-32(41)38(27(22-39)20-23(3)4)30-33(42)37(19-10-16-35(29,30)43-34)26-14-13-24-11-7-8-12-25(24)21-26/h7-16,21,23,27-30,39H,5-6,17-20,22H2,1-4H3/t27-,28+,29+,30?,34-,35+/m1/s1. The van der Waals surface area contributed by atoms with Crippen LogP contribution in [0.3, 0.4) is 0 Å². The van der Waals surface area contributed by atoms with E-state index in [2.05, 4.69) is 0 Å². The molecule has 4 aliphatic rings. The molecule has 1 unspecified atom stereocenters. The molecule has 2 saturated heterocycles. The van der Waals surface area contributed by atoms with Crippen LogP contribution in [0.25, 0.3) is 10.8 Å². The molecule has 0 aromatic heterocycles. The Morgan fingerprint density at radius 3 is 2.37 bits per heavy atom. The normalized spacial score (nSPS) is 31.0. The van der Waals surface area contributed by atoms with E-state index in [0.717, 1.165) is 22.9 Å². The largest absolute Gasteiger partial charge is 0.394 e. The Morgan fingerprint density at radius 1 is 0.930 bits per heavy atom. The van der Waals surface area contributed by atoms with Crippen molar-refractivity contribution in [1.29, 1.82) is 0 Å². The van der Waals surface area contributed by atoms with Gasteiger partial charge in [0.1, 0.15) is 11.6 Å². The summed E-state index contributed by atoms with van der Waals surface area (Å²) >= 11 is 0. The molecule has 1 spiro atoms. The highest BCUT2D eigenvalue weighted by molar-refractivity contribution is 6.07. The Bertz CT molecular complexity index is 1480. The van der Waals surface area contributed by atoms with Gasteiger partial charge in [-0.3, -0.25) is 14.4 Å². The summed E-state index contributed by atoms with van der Waals surface area (Å²) < 4.78 is 7.09. The Kier molecular flexibility index (Phi) is 7.71. The van der Waals surface area contributed by atoms with Crippen LogP contribution >= 0.6 is 0 Å². The molecule has 4 aliphatic heterocycles. The first-order valence-corrected chi connectivity index (χ1v) is 15.8. The first-order chi connectivity index (χ1) is 20.7. The molecule has 2 aromatic rings. The van der Waals surface area contributed by atoms with Gasteiger partial charge in [-0.05, 0) is 48.1 Å². The highest BCUT2D eigenvalue weighted by Gasteiger charge is 2.76. The van der Waals surface area contributed by atoms with E-state index in [1.165, 1.54) is 0 Å². The second-order valence-corrected chi connectivity index (χ2v) is 12.9. The van der Waals surface area contributed by atoms with Crippen LogP contribution in [0.2, 0.25) is 0 Å². The Balaban J connectivity index is 1.51. The van der Waals surface area contributed by atoms with Gasteiger partial charge in [-0.15, -0.1) is 0 Å². The maximum absolute atomic E-state index is 14.9. The summed E-state index contributed by atoms with van der Waals surface area (Å²) in [7, 11) is 0. The summed E-state index contributed by atoms with van der Waals surface area (Å²) in [6.07, 6.45) is 9.56. The van der Waals surface area contributed by atoms with E-state index >= 15 is 0 Å². The van der Waals surface area contributed by atoms with Crippen LogP contribution in [0.4, 0.5) is 5.69 Å². The first-order valence-electron chi connectivity index (χ1n) is 15.8. The fourth-order valence-electron chi connectivity index (χ4n) is 8.01. The van der Waals surface area contributed by atoms with Crippen molar-refractivity contribution in [1.82, 2.24) is 9.80 Å². The summed E-state index contributed by atoms with van der Waals surface area (Å²) in [5, 5.41) is 12.7. The van der Waals surface area contributed by atoms with Crippen LogP contribution in [0, 0.1) is 17.8 Å². The monoisotopic (exact) mass is 585 g/mol. The Labute approximate surface area is 254 Å². The molecule has 2 aromatic carbocycles. The van der Waals surface area contributed by atoms with E-state index in [1.807, 2.05) is 99.4 Å². The number of carbonyl (C=O) groups excluding carboxylic acids is 3. The summed E-state index contributed by atoms with van der Waals surface area (Å²) in [5.74, 6) is -2.14. The number of hydrogen-bond acceptors (Lipinski definition) is 5. The van der Waals surface area contributed by atoms with Crippen LogP contribution in [0.15, 0.2) is 66.8 Å². The number of rotatable bonds is 8. The molecule has 43 heavy (non-hydrogen) atoms. The van der Waals surface area contributed by atoms with Gasteiger partial charge in [0, 0.05) is 25.3 Å². The number of anilines is 1. The second kappa shape index (κ2) is 11.2. The van der Waals surface area contributed by atoms with Crippen LogP contribution < -0.4 is 4.90 Å². The summed E-state index contributed by atoms with van der Waals surface area (Å²) in [5.41, 5.74) is -1.63. The highest BCUT2D eigenvalue weighted by Crippen LogP contribution is 2.59. The number of aliphatic hydroxyl groups is 1. The summed E-state index contributed by atoms with van der Waals surface area (Å²) in [6, 6.07) is 12.3. The second-order valence-electron chi connectivity index (χ2n) is 12.9. The number of fused-ring (bicyclic) bond motifs is 3. The molecule has 0 aliphatic carbocycles. The number of likely N-dealkylation sites (tertiary alicyclic amines) is 1. The molecule has 3 amide bonds. The molecule has 4 heterocycles. The molecular formula is C35H43N3O5. The van der Waals surface area contributed by atoms with Crippen molar-refractivity contribution in [2.75, 3.05) is 31.1 Å². The lowest BCUT2D eigenvalue weighted by atomic mass is 9.73. The summed E-state index contributed by atoms with van der Waals surface area (Å²) in [4.78, 5) is 49.1. The van der Waals surface area contributed by atoms with Crippen molar-refractivity contribution in [3.63, 3.8) is 0 Å². The lowest BCUT2D eigenvalue weighted by Gasteiger charge is -2.41. The van der Waals surface area contributed by atoms with Gasteiger partial charge in [-0.2, -0.15) is 0 Å². The van der Waals surface area contributed by atoms with Crippen molar-refractivity contribution in [2.45, 2.75) is 70.2 Å². The van der Waals surface area contributed by atoms with E-state index in [-0.39, 0.29) is 30.2 Å². The predicted molar refractivity (Wildman–Crippen MR) is 166 cm³/mol. The van der Waals surface area contributed by atoms with Gasteiger partial charge >= 0.3 is 0 Å². The number of hydrogen-bond donors (Lipinski definition) is 1. The fourth-order valence-corrected chi connectivity index (χ4v) is 8.01. The van der Waals surface area contributed by atoms with E-state index in [4.69, 9.17) is 4.74 Å². The van der Waals surface area contributed by atoms with Crippen LogP contribution in [-0.4, -0.2) is 82.2 Å². The van der Waals surface area contributed by atoms with Crippen molar-refractivity contribution < 1.29 is 24.2 Å². The SMILES string of the molecule is CCCN1CC=C[C@@]2(CC)O[C@]34C=CCN(c5ccc6ccccc6c5)C(=O)C3N([C@@H](CO)CC(C)C)C(=O)[C@@H]4[C@H]2C1=O. The van der Waals surface area contributed by atoms with Gasteiger partial charge in [-0.1, -0.05) is 82.3 Å². The lowest BCUT2D eigenvalue weighted by Crippen LogP contribution is -2.59. The van der Waals surface area contributed by atoms with Crippen LogP contribution in [0.5, 0.6) is 0 Å². The fraction of sp³-hybridized carbons (Fsp3) is 0.514. The molecule has 2 fully saturated rings. The topological polar surface area (TPSA) is 90.4 Å².